The van der Waals surface area contributed by atoms with Gasteiger partial charge in [0.1, 0.15) is 17.5 Å². The Labute approximate surface area is 133 Å². The molecular weight excluding hydrogens is 327 g/mol. The summed E-state index contributed by atoms with van der Waals surface area (Å²) in [4.78, 5) is 0. The lowest BCUT2D eigenvalue weighted by Crippen LogP contribution is -2.22. The number of halogens is 2. The fourth-order valence-corrected chi connectivity index (χ4v) is 4.11. The van der Waals surface area contributed by atoms with Crippen molar-refractivity contribution in [2.45, 2.75) is 11.7 Å². The van der Waals surface area contributed by atoms with E-state index in [4.69, 9.17) is 16.3 Å². The van der Waals surface area contributed by atoms with E-state index < -0.39 is 21.5 Å². The highest BCUT2D eigenvalue weighted by Crippen LogP contribution is 2.58. The highest BCUT2D eigenvalue weighted by Gasteiger charge is 2.60. The van der Waals surface area contributed by atoms with Crippen molar-refractivity contribution in [2.24, 2.45) is 0 Å². The predicted molar refractivity (Wildman–Crippen MR) is 83.1 cm³/mol. The third-order valence-corrected chi connectivity index (χ3v) is 4.99. The minimum atomic E-state index is -3.29. The molecule has 0 N–H and O–H groups in total. The molecule has 3 rings (SSSR count). The number of hydrogen-bond acceptors (Lipinski definition) is 3. The maximum Gasteiger partial charge on any atom is 0.150 e. The van der Waals surface area contributed by atoms with Crippen molar-refractivity contribution < 1.29 is 17.5 Å². The van der Waals surface area contributed by atoms with Gasteiger partial charge in [-0.1, -0.05) is 41.9 Å². The van der Waals surface area contributed by atoms with Crippen LogP contribution in [-0.4, -0.2) is 20.4 Å². The van der Waals surface area contributed by atoms with E-state index in [0.717, 1.165) is 11.8 Å². The van der Waals surface area contributed by atoms with E-state index in [9.17, 15) is 12.8 Å². The SMILES string of the molecule is CS(=O)(=O)CC1(c2ccc(F)cc2)OC1c1ccccc1Cl. The Bertz CT molecular complexity index is 804. The second-order valence-electron chi connectivity index (χ2n) is 5.49. The monoisotopic (exact) mass is 340 g/mol. The number of epoxide rings is 1. The van der Waals surface area contributed by atoms with Gasteiger partial charge >= 0.3 is 0 Å². The molecule has 2 aromatic rings. The molecule has 6 heteroatoms. The lowest BCUT2D eigenvalue weighted by molar-refractivity contribution is 0.314. The van der Waals surface area contributed by atoms with Crippen LogP contribution in [0.15, 0.2) is 48.5 Å². The van der Waals surface area contributed by atoms with Crippen LogP contribution in [0.2, 0.25) is 5.02 Å². The van der Waals surface area contributed by atoms with Gasteiger partial charge in [-0.05, 0) is 23.8 Å². The molecule has 1 fully saturated rings. The highest BCUT2D eigenvalue weighted by atomic mass is 35.5. The van der Waals surface area contributed by atoms with E-state index in [-0.39, 0.29) is 11.6 Å². The summed E-state index contributed by atoms with van der Waals surface area (Å²) in [6.45, 7) is 0. The van der Waals surface area contributed by atoms with E-state index in [1.165, 1.54) is 12.1 Å². The lowest BCUT2D eigenvalue weighted by atomic mass is 9.93. The summed E-state index contributed by atoms with van der Waals surface area (Å²) in [6.07, 6.45) is 0.699. The zero-order valence-electron chi connectivity index (χ0n) is 11.8. The first kappa shape index (κ1) is 15.5. The number of ether oxygens (including phenoxy) is 1. The molecule has 0 radical (unpaired) electrons. The van der Waals surface area contributed by atoms with Crippen LogP contribution in [0.4, 0.5) is 4.39 Å². The maximum atomic E-state index is 13.1. The average molecular weight is 341 g/mol. The van der Waals surface area contributed by atoms with Crippen molar-refractivity contribution >= 4 is 21.4 Å². The molecule has 1 saturated heterocycles. The fraction of sp³-hybridized carbons (Fsp3) is 0.250. The third kappa shape index (κ3) is 2.89. The summed E-state index contributed by atoms with van der Waals surface area (Å²) in [5.41, 5.74) is 0.355. The first-order valence-electron chi connectivity index (χ1n) is 6.68. The lowest BCUT2D eigenvalue weighted by Gasteiger charge is -2.13. The largest absolute Gasteiger partial charge is 0.355 e. The minimum absolute atomic E-state index is 0.179. The zero-order chi connectivity index (χ0) is 16.0. The Balaban J connectivity index is 2.04. The second kappa shape index (κ2) is 5.33. The highest BCUT2D eigenvalue weighted by molar-refractivity contribution is 7.90. The molecule has 0 aromatic heterocycles. The molecule has 0 aliphatic carbocycles. The molecule has 2 atom stereocenters. The molecule has 2 unspecified atom stereocenters. The number of hydrogen-bond donors (Lipinski definition) is 0. The minimum Gasteiger partial charge on any atom is -0.355 e. The van der Waals surface area contributed by atoms with Crippen molar-refractivity contribution in [3.63, 3.8) is 0 Å². The Hall–Kier alpha value is -1.43. The molecule has 0 bridgehead atoms. The summed E-state index contributed by atoms with van der Waals surface area (Å²) < 4.78 is 42.5. The molecular formula is C16H14ClFO3S. The molecule has 22 heavy (non-hydrogen) atoms. The van der Waals surface area contributed by atoms with E-state index in [1.807, 2.05) is 6.07 Å². The Morgan fingerprint density at radius 3 is 2.41 bits per heavy atom. The van der Waals surface area contributed by atoms with Gasteiger partial charge < -0.3 is 4.74 Å². The van der Waals surface area contributed by atoms with E-state index >= 15 is 0 Å². The van der Waals surface area contributed by atoms with Gasteiger partial charge in [-0.2, -0.15) is 0 Å². The van der Waals surface area contributed by atoms with Crippen molar-refractivity contribution in [3.8, 4) is 0 Å². The molecule has 0 amide bonds. The second-order valence-corrected chi connectivity index (χ2v) is 8.03. The van der Waals surface area contributed by atoms with Gasteiger partial charge in [0.15, 0.2) is 9.84 Å². The van der Waals surface area contributed by atoms with Crippen molar-refractivity contribution in [1.29, 1.82) is 0 Å². The van der Waals surface area contributed by atoms with Gasteiger partial charge in [0.2, 0.25) is 0 Å². The summed E-state index contributed by atoms with van der Waals surface area (Å²) in [6, 6.07) is 12.8. The summed E-state index contributed by atoms with van der Waals surface area (Å²) >= 11 is 6.18. The zero-order valence-corrected chi connectivity index (χ0v) is 13.4. The molecule has 3 nitrogen and oxygen atoms in total. The normalized spacial score (nSPS) is 24.2. The van der Waals surface area contributed by atoms with Crippen LogP contribution in [0, 0.1) is 5.82 Å². The predicted octanol–water partition coefficient (Wildman–Crippen LogP) is 3.49. The summed E-state index contributed by atoms with van der Waals surface area (Å²) in [5, 5.41) is 0.519. The van der Waals surface area contributed by atoms with E-state index in [2.05, 4.69) is 0 Å². The van der Waals surface area contributed by atoms with Crippen LogP contribution in [0.3, 0.4) is 0 Å². The van der Waals surface area contributed by atoms with E-state index in [0.29, 0.717) is 10.6 Å². The maximum absolute atomic E-state index is 13.1. The van der Waals surface area contributed by atoms with Crippen molar-refractivity contribution in [1.82, 2.24) is 0 Å². The van der Waals surface area contributed by atoms with Gasteiger partial charge in [0.05, 0.1) is 5.75 Å². The standard InChI is InChI=1S/C16H14ClFO3S/c1-22(19,20)10-16(11-6-8-12(18)9-7-11)15(21-16)13-4-2-3-5-14(13)17/h2-9,15H,10H2,1H3. The Morgan fingerprint density at radius 2 is 1.82 bits per heavy atom. The quantitative estimate of drug-likeness (QED) is 0.800. The van der Waals surface area contributed by atoms with Crippen LogP contribution in [-0.2, 0) is 20.2 Å². The van der Waals surface area contributed by atoms with Crippen LogP contribution in [0.25, 0.3) is 0 Å². The third-order valence-electron chi connectivity index (χ3n) is 3.69. The summed E-state index contributed by atoms with van der Waals surface area (Å²) in [7, 11) is -3.29. The van der Waals surface area contributed by atoms with Crippen LogP contribution in [0.1, 0.15) is 17.2 Å². The fourth-order valence-electron chi connectivity index (χ4n) is 2.71. The summed E-state index contributed by atoms with van der Waals surface area (Å²) in [5.74, 6) is -0.560. The average Bonchev–Trinajstić information content (AvgIpc) is 3.13. The molecule has 1 aliphatic rings. The van der Waals surface area contributed by atoms with Gasteiger partial charge in [-0.15, -0.1) is 0 Å². The first-order valence-corrected chi connectivity index (χ1v) is 9.12. The Morgan fingerprint density at radius 1 is 1.18 bits per heavy atom. The van der Waals surface area contributed by atoms with Crippen molar-refractivity contribution in [2.75, 3.05) is 12.0 Å². The van der Waals surface area contributed by atoms with Crippen LogP contribution in [0.5, 0.6) is 0 Å². The smallest absolute Gasteiger partial charge is 0.150 e. The molecule has 1 heterocycles. The van der Waals surface area contributed by atoms with E-state index in [1.54, 1.807) is 30.3 Å². The van der Waals surface area contributed by atoms with Crippen LogP contribution >= 0.6 is 11.6 Å². The van der Waals surface area contributed by atoms with Crippen molar-refractivity contribution in [3.05, 3.63) is 70.5 Å². The molecule has 0 spiro atoms. The number of rotatable bonds is 4. The molecule has 0 saturated carbocycles. The van der Waals surface area contributed by atoms with Gasteiger partial charge in [-0.25, -0.2) is 12.8 Å². The van der Waals surface area contributed by atoms with Crippen LogP contribution < -0.4 is 0 Å². The molecule has 2 aromatic carbocycles. The number of benzene rings is 2. The molecule has 116 valence electrons. The number of sulfone groups is 1. The molecule has 1 aliphatic heterocycles. The van der Waals surface area contributed by atoms with Gasteiger partial charge in [0, 0.05) is 16.8 Å². The topological polar surface area (TPSA) is 46.7 Å². The van der Waals surface area contributed by atoms with Gasteiger partial charge in [-0.3, -0.25) is 0 Å². The first-order chi connectivity index (χ1) is 10.3. The van der Waals surface area contributed by atoms with Gasteiger partial charge in [0.25, 0.3) is 0 Å². The Kier molecular flexibility index (Phi) is 3.75.